The fraction of sp³-hybridized carbons (Fsp3) is 0.700. The molecule has 1 heterocycles. The molecule has 0 amide bonds. The molecule has 0 atom stereocenters. The molecule has 0 aromatic carbocycles. The minimum atomic E-state index is -4.15. The van der Waals surface area contributed by atoms with E-state index in [1.54, 1.807) is 6.20 Å². The van der Waals surface area contributed by atoms with Gasteiger partial charge >= 0.3 is 6.18 Å². The molecule has 3 nitrogen and oxygen atoms in total. The van der Waals surface area contributed by atoms with E-state index in [1.807, 2.05) is 6.92 Å². The highest BCUT2D eigenvalue weighted by Gasteiger charge is 2.26. The molecule has 1 aromatic rings. The molecule has 0 spiro atoms. The number of nitrogens with zero attached hydrogens (tertiary/aromatic N) is 1. The topological polar surface area (TPSA) is 34.2 Å². The van der Waals surface area contributed by atoms with Gasteiger partial charge < -0.3 is 10.1 Å². The summed E-state index contributed by atoms with van der Waals surface area (Å²) in [6.07, 6.45) is -2.44. The molecule has 1 N–H and O–H groups in total. The smallest absolute Gasteiger partial charge is 0.376 e. The second-order valence-corrected chi connectivity index (χ2v) is 4.59. The first-order valence-electron chi connectivity index (χ1n) is 5.34. The van der Waals surface area contributed by atoms with Gasteiger partial charge in [-0.1, -0.05) is 18.3 Å². The highest BCUT2D eigenvalue weighted by Crippen LogP contribution is 2.21. The highest BCUT2D eigenvalue weighted by molar-refractivity contribution is 7.15. The Morgan fingerprint density at radius 2 is 2.24 bits per heavy atom. The Balaban J connectivity index is 2.21. The third-order valence-corrected chi connectivity index (χ3v) is 2.78. The Kier molecular flexibility index (Phi) is 5.70. The predicted molar refractivity (Wildman–Crippen MR) is 61.2 cm³/mol. The van der Waals surface area contributed by atoms with Crippen molar-refractivity contribution in [1.82, 2.24) is 4.98 Å². The Hall–Kier alpha value is -0.820. The van der Waals surface area contributed by atoms with Crippen LogP contribution in [-0.2, 0) is 11.3 Å². The number of anilines is 1. The minimum absolute atomic E-state index is 0.182. The molecule has 17 heavy (non-hydrogen) atoms. The molecule has 0 unspecified atom stereocenters. The Labute approximate surface area is 102 Å². The lowest BCUT2D eigenvalue weighted by Crippen LogP contribution is -2.11. The summed E-state index contributed by atoms with van der Waals surface area (Å²) in [5, 5.41) is 3.88. The number of hydrogen-bond acceptors (Lipinski definition) is 4. The Morgan fingerprint density at radius 1 is 1.47 bits per heavy atom. The van der Waals surface area contributed by atoms with Crippen molar-refractivity contribution in [3.8, 4) is 0 Å². The van der Waals surface area contributed by atoms with Crippen LogP contribution in [0.3, 0.4) is 0 Å². The number of rotatable bonds is 7. The molecule has 1 rings (SSSR count). The van der Waals surface area contributed by atoms with Crippen LogP contribution in [0, 0.1) is 0 Å². The zero-order chi connectivity index (χ0) is 12.7. The van der Waals surface area contributed by atoms with Crippen LogP contribution in [-0.4, -0.2) is 24.3 Å². The van der Waals surface area contributed by atoms with Crippen molar-refractivity contribution in [2.24, 2.45) is 0 Å². The molecule has 0 saturated heterocycles. The van der Waals surface area contributed by atoms with Gasteiger partial charge in [0.05, 0.1) is 24.5 Å². The standard InChI is InChI=1S/C10H15F3N2OS/c1-2-4-14-9-15-6-8(17-9)7-16-5-3-10(11,12)13/h6H,2-5,7H2,1H3,(H,14,15). The number of thiazole rings is 1. The number of aromatic nitrogens is 1. The van der Waals surface area contributed by atoms with Gasteiger partial charge in [-0.3, -0.25) is 0 Å². The van der Waals surface area contributed by atoms with Crippen LogP contribution in [0.25, 0.3) is 0 Å². The van der Waals surface area contributed by atoms with Gasteiger partial charge in [-0.2, -0.15) is 13.2 Å². The Bertz CT molecular complexity index is 328. The van der Waals surface area contributed by atoms with Gasteiger partial charge in [-0.05, 0) is 6.42 Å². The summed E-state index contributed by atoms with van der Waals surface area (Å²) in [6, 6.07) is 0. The SMILES string of the molecule is CCCNc1ncc(COCCC(F)(F)F)s1. The summed E-state index contributed by atoms with van der Waals surface area (Å²) in [7, 11) is 0. The molecule has 0 saturated carbocycles. The molecule has 1 aromatic heterocycles. The van der Waals surface area contributed by atoms with Crippen LogP contribution in [0.4, 0.5) is 18.3 Å². The normalized spacial score (nSPS) is 11.8. The number of ether oxygens (including phenoxy) is 1. The van der Waals surface area contributed by atoms with Gasteiger partial charge in [0.2, 0.25) is 0 Å². The second kappa shape index (κ2) is 6.80. The summed E-state index contributed by atoms with van der Waals surface area (Å²) in [5.41, 5.74) is 0. The van der Waals surface area contributed by atoms with Crippen molar-refractivity contribution in [2.45, 2.75) is 32.5 Å². The lowest BCUT2D eigenvalue weighted by atomic mass is 10.4. The molecule has 0 aliphatic heterocycles. The monoisotopic (exact) mass is 268 g/mol. The van der Waals surface area contributed by atoms with Crippen LogP contribution in [0.5, 0.6) is 0 Å². The summed E-state index contributed by atoms with van der Waals surface area (Å²) in [4.78, 5) is 4.91. The first kappa shape index (κ1) is 14.2. The maximum Gasteiger partial charge on any atom is 0.391 e. The summed E-state index contributed by atoms with van der Waals surface area (Å²) in [5.74, 6) is 0. The quantitative estimate of drug-likeness (QED) is 0.769. The van der Waals surface area contributed by atoms with E-state index in [0.29, 0.717) is 0 Å². The van der Waals surface area contributed by atoms with Crippen molar-refractivity contribution in [3.63, 3.8) is 0 Å². The van der Waals surface area contributed by atoms with Gasteiger partial charge in [0.15, 0.2) is 5.13 Å². The number of hydrogen-bond donors (Lipinski definition) is 1. The molecule has 98 valence electrons. The van der Waals surface area contributed by atoms with E-state index in [9.17, 15) is 13.2 Å². The first-order valence-corrected chi connectivity index (χ1v) is 6.16. The molecule has 0 fully saturated rings. The van der Waals surface area contributed by atoms with Crippen LogP contribution >= 0.6 is 11.3 Å². The van der Waals surface area contributed by atoms with E-state index in [-0.39, 0.29) is 13.2 Å². The lowest BCUT2D eigenvalue weighted by Gasteiger charge is -2.05. The van der Waals surface area contributed by atoms with E-state index in [1.165, 1.54) is 11.3 Å². The van der Waals surface area contributed by atoms with Gasteiger partial charge in [-0.15, -0.1) is 0 Å². The van der Waals surface area contributed by atoms with Crippen LogP contribution in [0.1, 0.15) is 24.6 Å². The maximum absolute atomic E-state index is 11.8. The van der Waals surface area contributed by atoms with E-state index in [4.69, 9.17) is 4.74 Å². The van der Waals surface area contributed by atoms with Crippen molar-refractivity contribution in [3.05, 3.63) is 11.1 Å². The number of nitrogens with one attached hydrogen (secondary N) is 1. The summed E-state index contributed by atoms with van der Waals surface area (Å²) in [6.45, 7) is 2.75. The average molecular weight is 268 g/mol. The second-order valence-electron chi connectivity index (χ2n) is 3.48. The molecule has 0 bridgehead atoms. The molecule has 7 heteroatoms. The summed E-state index contributed by atoms with van der Waals surface area (Å²) >= 11 is 1.40. The Morgan fingerprint density at radius 3 is 2.88 bits per heavy atom. The number of halogens is 3. The first-order chi connectivity index (χ1) is 8.01. The zero-order valence-corrected chi connectivity index (χ0v) is 10.3. The van der Waals surface area contributed by atoms with E-state index in [2.05, 4.69) is 10.3 Å². The third-order valence-electron chi connectivity index (χ3n) is 1.85. The van der Waals surface area contributed by atoms with E-state index in [0.717, 1.165) is 23.0 Å². The molecule has 0 aliphatic rings. The van der Waals surface area contributed by atoms with Gasteiger partial charge in [-0.25, -0.2) is 4.98 Å². The fourth-order valence-electron chi connectivity index (χ4n) is 1.05. The van der Waals surface area contributed by atoms with Crippen LogP contribution < -0.4 is 5.32 Å². The zero-order valence-electron chi connectivity index (χ0n) is 9.51. The van der Waals surface area contributed by atoms with Gasteiger partial charge in [0.25, 0.3) is 0 Å². The highest BCUT2D eigenvalue weighted by atomic mass is 32.1. The lowest BCUT2D eigenvalue weighted by molar-refractivity contribution is -0.145. The van der Waals surface area contributed by atoms with Crippen molar-refractivity contribution in [2.75, 3.05) is 18.5 Å². The molecular weight excluding hydrogens is 253 g/mol. The minimum Gasteiger partial charge on any atom is -0.376 e. The molecular formula is C10H15F3N2OS. The largest absolute Gasteiger partial charge is 0.391 e. The van der Waals surface area contributed by atoms with Gasteiger partial charge in [0.1, 0.15) is 0 Å². The number of alkyl halides is 3. The van der Waals surface area contributed by atoms with E-state index < -0.39 is 12.6 Å². The van der Waals surface area contributed by atoms with Crippen LogP contribution in [0.2, 0.25) is 0 Å². The van der Waals surface area contributed by atoms with Crippen LogP contribution in [0.15, 0.2) is 6.20 Å². The maximum atomic E-state index is 11.8. The third kappa shape index (κ3) is 6.48. The predicted octanol–water partition coefficient (Wildman–Crippen LogP) is 3.43. The van der Waals surface area contributed by atoms with Crippen molar-refractivity contribution < 1.29 is 17.9 Å². The molecule has 0 radical (unpaired) electrons. The fourth-order valence-corrected chi connectivity index (χ4v) is 1.82. The van der Waals surface area contributed by atoms with Crippen molar-refractivity contribution >= 4 is 16.5 Å². The van der Waals surface area contributed by atoms with E-state index >= 15 is 0 Å². The van der Waals surface area contributed by atoms with Crippen molar-refractivity contribution in [1.29, 1.82) is 0 Å². The van der Waals surface area contributed by atoms with Gasteiger partial charge in [0, 0.05) is 12.7 Å². The summed E-state index contributed by atoms with van der Waals surface area (Å²) < 4.78 is 40.4. The average Bonchev–Trinajstić information content (AvgIpc) is 2.68. The molecule has 0 aliphatic carbocycles.